The second kappa shape index (κ2) is 6.69. The summed E-state index contributed by atoms with van der Waals surface area (Å²) in [5.74, 6) is -1.53. The van der Waals surface area contributed by atoms with E-state index in [0.717, 1.165) is 12.1 Å². The fourth-order valence-electron chi connectivity index (χ4n) is 1.88. The largest absolute Gasteiger partial charge is 0.478 e. The number of nitro groups is 2. The summed E-state index contributed by atoms with van der Waals surface area (Å²) in [5, 5.41) is 34.2. The second-order valence-electron chi connectivity index (χ2n) is 4.46. The number of nitrogens with one attached hydrogen (secondary N) is 1. The number of nitro benzene ring substituents is 2. The van der Waals surface area contributed by atoms with Crippen molar-refractivity contribution in [3.05, 3.63) is 66.2 Å². The summed E-state index contributed by atoms with van der Waals surface area (Å²) in [7, 11) is 0. The van der Waals surface area contributed by atoms with E-state index in [1.807, 2.05) is 0 Å². The van der Waals surface area contributed by atoms with Crippen LogP contribution in [0.15, 0.2) is 30.3 Å². The maximum Gasteiger partial charge on any atom is 0.336 e. The van der Waals surface area contributed by atoms with Crippen LogP contribution >= 0.6 is 23.2 Å². The maximum absolute atomic E-state index is 11.2. The predicted octanol–water partition coefficient (Wildman–Crippen LogP) is 4.25. The normalized spacial score (nSPS) is 10.2. The molecule has 9 nitrogen and oxygen atoms in total. The SMILES string of the molecule is O=C(O)c1cc([N+](=O)[O-])c(Nc2ccc(Cl)cc2Cl)c([N+](=O)[O-])c1. The van der Waals surface area contributed by atoms with Crippen molar-refractivity contribution in [1.82, 2.24) is 0 Å². The van der Waals surface area contributed by atoms with Crippen LogP contribution in [0.2, 0.25) is 10.0 Å². The standard InChI is InChI=1S/C13H7Cl2N3O6/c14-7-1-2-9(8(15)5-7)16-12-10(17(21)22)3-6(13(19)20)4-11(12)18(23)24/h1-5,16H,(H,19,20). The van der Waals surface area contributed by atoms with Gasteiger partial charge in [0.2, 0.25) is 0 Å². The Bertz CT molecular complexity index is 836. The van der Waals surface area contributed by atoms with Gasteiger partial charge in [0.05, 0.1) is 26.1 Å². The van der Waals surface area contributed by atoms with Gasteiger partial charge in [-0.15, -0.1) is 0 Å². The van der Waals surface area contributed by atoms with Crippen LogP contribution in [0, 0.1) is 20.2 Å². The molecule has 2 aromatic rings. The van der Waals surface area contributed by atoms with Gasteiger partial charge >= 0.3 is 17.3 Å². The van der Waals surface area contributed by atoms with Crippen LogP contribution in [0.25, 0.3) is 0 Å². The number of benzene rings is 2. The summed E-state index contributed by atoms with van der Waals surface area (Å²) in [5.41, 5.74) is -2.48. The number of nitrogens with zero attached hydrogens (tertiary/aromatic N) is 2. The van der Waals surface area contributed by atoms with E-state index in [4.69, 9.17) is 28.3 Å². The lowest BCUT2D eigenvalue weighted by molar-refractivity contribution is -0.392. The number of anilines is 2. The van der Waals surface area contributed by atoms with Crippen molar-refractivity contribution in [2.24, 2.45) is 0 Å². The van der Waals surface area contributed by atoms with E-state index in [1.54, 1.807) is 0 Å². The molecule has 0 saturated carbocycles. The molecule has 2 N–H and O–H groups in total. The van der Waals surface area contributed by atoms with Gasteiger partial charge < -0.3 is 10.4 Å². The Kier molecular flexibility index (Phi) is 4.86. The highest BCUT2D eigenvalue weighted by molar-refractivity contribution is 6.36. The molecular weight excluding hydrogens is 365 g/mol. The van der Waals surface area contributed by atoms with Crippen molar-refractivity contribution in [2.75, 3.05) is 5.32 Å². The molecule has 124 valence electrons. The lowest BCUT2D eigenvalue weighted by atomic mass is 10.1. The number of carboxylic acids is 1. The van der Waals surface area contributed by atoms with Gasteiger partial charge in [0.25, 0.3) is 0 Å². The molecule has 0 fully saturated rings. The van der Waals surface area contributed by atoms with Gasteiger partial charge in [-0.05, 0) is 18.2 Å². The smallest absolute Gasteiger partial charge is 0.336 e. The first-order valence-electron chi connectivity index (χ1n) is 6.13. The zero-order valence-electron chi connectivity index (χ0n) is 11.5. The molecule has 0 aromatic heterocycles. The van der Waals surface area contributed by atoms with E-state index in [1.165, 1.54) is 18.2 Å². The third kappa shape index (κ3) is 3.53. The third-order valence-corrected chi connectivity index (χ3v) is 3.48. The minimum Gasteiger partial charge on any atom is -0.478 e. The fourth-order valence-corrected chi connectivity index (χ4v) is 2.33. The number of aromatic carboxylic acids is 1. The van der Waals surface area contributed by atoms with Gasteiger partial charge in [0.1, 0.15) is 0 Å². The highest BCUT2D eigenvalue weighted by atomic mass is 35.5. The van der Waals surface area contributed by atoms with Gasteiger partial charge in [-0.2, -0.15) is 0 Å². The summed E-state index contributed by atoms with van der Waals surface area (Å²) < 4.78 is 0. The molecule has 0 atom stereocenters. The third-order valence-electron chi connectivity index (χ3n) is 2.93. The number of rotatable bonds is 5. The molecule has 0 spiro atoms. The van der Waals surface area contributed by atoms with Crippen LogP contribution in [0.4, 0.5) is 22.7 Å². The number of halogens is 2. The zero-order valence-corrected chi connectivity index (χ0v) is 13.0. The first-order valence-corrected chi connectivity index (χ1v) is 6.88. The van der Waals surface area contributed by atoms with Gasteiger partial charge in [0.15, 0.2) is 5.69 Å². The fraction of sp³-hybridized carbons (Fsp3) is 0. The second-order valence-corrected chi connectivity index (χ2v) is 5.30. The van der Waals surface area contributed by atoms with Crippen LogP contribution in [-0.2, 0) is 0 Å². The summed E-state index contributed by atoms with van der Waals surface area (Å²) in [4.78, 5) is 31.6. The molecule has 0 amide bonds. The molecule has 11 heteroatoms. The van der Waals surface area contributed by atoms with E-state index in [2.05, 4.69) is 5.32 Å². The monoisotopic (exact) mass is 371 g/mol. The van der Waals surface area contributed by atoms with E-state index in [0.29, 0.717) is 5.02 Å². The first-order chi connectivity index (χ1) is 11.2. The van der Waals surface area contributed by atoms with Crippen LogP contribution in [-0.4, -0.2) is 20.9 Å². The zero-order chi connectivity index (χ0) is 18.0. The Balaban J connectivity index is 2.68. The van der Waals surface area contributed by atoms with E-state index in [-0.39, 0.29) is 10.7 Å². The molecule has 0 radical (unpaired) electrons. The van der Waals surface area contributed by atoms with Crippen molar-refractivity contribution >= 4 is 51.9 Å². The van der Waals surface area contributed by atoms with Gasteiger partial charge in [-0.1, -0.05) is 23.2 Å². The summed E-state index contributed by atoms with van der Waals surface area (Å²) in [6.45, 7) is 0. The van der Waals surface area contributed by atoms with Crippen LogP contribution in [0.3, 0.4) is 0 Å². The molecule has 0 aliphatic rings. The summed E-state index contributed by atoms with van der Waals surface area (Å²) in [6, 6.07) is 5.60. The van der Waals surface area contributed by atoms with Crippen molar-refractivity contribution in [2.45, 2.75) is 0 Å². The van der Waals surface area contributed by atoms with E-state index >= 15 is 0 Å². The number of carbonyl (C=O) groups is 1. The average molecular weight is 372 g/mol. The topological polar surface area (TPSA) is 136 Å². The van der Waals surface area contributed by atoms with Crippen molar-refractivity contribution < 1.29 is 19.7 Å². The van der Waals surface area contributed by atoms with Gasteiger partial charge in [-0.25, -0.2) is 4.79 Å². The van der Waals surface area contributed by atoms with E-state index < -0.39 is 38.4 Å². The van der Waals surface area contributed by atoms with Gasteiger partial charge in [0, 0.05) is 17.2 Å². The molecular formula is C13H7Cl2N3O6. The Morgan fingerprint density at radius 3 is 2.00 bits per heavy atom. The van der Waals surface area contributed by atoms with Crippen molar-refractivity contribution in [3.63, 3.8) is 0 Å². The summed E-state index contributed by atoms with van der Waals surface area (Å²) >= 11 is 11.7. The molecule has 0 aliphatic carbocycles. The van der Waals surface area contributed by atoms with Crippen LogP contribution in [0.5, 0.6) is 0 Å². The predicted molar refractivity (Wildman–Crippen MR) is 86.5 cm³/mol. The van der Waals surface area contributed by atoms with Gasteiger partial charge in [-0.3, -0.25) is 20.2 Å². The van der Waals surface area contributed by atoms with E-state index in [9.17, 15) is 25.0 Å². The Morgan fingerprint density at radius 1 is 1.04 bits per heavy atom. The summed E-state index contributed by atoms with van der Waals surface area (Å²) in [6.07, 6.45) is 0. The Morgan fingerprint density at radius 2 is 1.58 bits per heavy atom. The molecule has 2 aromatic carbocycles. The molecule has 0 bridgehead atoms. The quantitative estimate of drug-likeness (QED) is 0.591. The lowest BCUT2D eigenvalue weighted by Gasteiger charge is -2.10. The first kappa shape index (κ1) is 17.4. The minimum atomic E-state index is -1.53. The maximum atomic E-state index is 11.2. The van der Waals surface area contributed by atoms with Crippen molar-refractivity contribution in [1.29, 1.82) is 0 Å². The molecule has 0 aliphatic heterocycles. The van der Waals surface area contributed by atoms with Crippen LogP contribution in [0.1, 0.15) is 10.4 Å². The Labute approximate surface area is 143 Å². The molecule has 0 heterocycles. The minimum absolute atomic E-state index is 0.0772. The highest BCUT2D eigenvalue weighted by Crippen LogP contribution is 2.39. The molecule has 0 unspecified atom stereocenters. The average Bonchev–Trinajstić information content (AvgIpc) is 2.49. The molecule has 2 rings (SSSR count). The van der Waals surface area contributed by atoms with Crippen molar-refractivity contribution in [3.8, 4) is 0 Å². The Hall–Kier alpha value is -2.91. The number of carboxylic acid groups (broad SMARTS) is 1. The van der Waals surface area contributed by atoms with Crippen LogP contribution < -0.4 is 5.32 Å². The lowest BCUT2D eigenvalue weighted by Crippen LogP contribution is -2.06. The number of hydrogen-bond donors (Lipinski definition) is 2. The molecule has 0 saturated heterocycles. The highest BCUT2D eigenvalue weighted by Gasteiger charge is 2.29. The molecule has 24 heavy (non-hydrogen) atoms. The number of hydrogen-bond acceptors (Lipinski definition) is 6.